The van der Waals surface area contributed by atoms with Crippen molar-refractivity contribution in [1.82, 2.24) is 20.2 Å². The topological polar surface area (TPSA) is 87.6 Å². The van der Waals surface area contributed by atoms with Crippen LogP contribution in [0.2, 0.25) is 0 Å². The molecule has 2 saturated heterocycles. The van der Waals surface area contributed by atoms with E-state index in [1.807, 2.05) is 19.1 Å². The van der Waals surface area contributed by atoms with Gasteiger partial charge in [-0.1, -0.05) is 13.3 Å². The third-order valence-electron chi connectivity index (χ3n) is 7.25. The largest absolute Gasteiger partial charge is 0.463 e. The van der Waals surface area contributed by atoms with Gasteiger partial charge in [0.25, 0.3) is 5.91 Å². The number of carbonyl (C=O) groups is 1. The Balaban J connectivity index is 1.29. The Labute approximate surface area is 200 Å². The van der Waals surface area contributed by atoms with Crippen molar-refractivity contribution in [3.63, 3.8) is 0 Å². The predicted molar refractivity (Wildman–Crippen MR) is 131 cm³/mol. The number of nitrogens with one attached hydrogen (secondary N) is 1. The smallest absolute Gasteiger partial charge is 0.256 e. The summed E-state index contributed by atoms with van der Waals surface area (Å²) in [5.41, 5.74) is 0.979. The van der Waals surface area contributed by atoms with Crippen LogP contribution < -0.4 is 10.2 Å². The zero-order chi connectivity index (χ0) is 23.5. The lowest BCUT2D eigenvalue weighted by Crippen LogP contribution is -2.38. The maximum Gasteiger partial charge on any atom is 0.256 e. The van der Waals surface area contributed by atoms with Crippen molar-refractivity contribution in [3.8, 4) is 0 Å². The molecule has 0 spiro atoms. The normalized spacial score (nSPS) is 19.6. The molecule has 3 aromatic heterocycles. The molecule has 1 atom stereocenters. The first kappa shape index (κ1) is 22.9. The molecular weight excluding hydrogens is 430 g/mol. The Bertz CT molecular complexity index is 1130. The van der Waals surface area contributed by atoms with Gasteiger partial charge in [0.2, 0.25) is 5.71 Å². The summed E-state index contributed by atoms with van der Waals surface area (Å²) < 4.78 is 11.9. The van der Waals surface area contributed by atoms with Crippen molar-refractivity contribution in [2.24, 2.45) is 0 Å². The van der Waals surface area contributed by atoms with Crippen molar-refractivity contribution in [1.29, 1.82) is 0 Å². The van der Waals surface area contributed by atoms with Crippen molar-refractivity contribution >= 4 is 22.8 Å². The number of amides is 1. The van der Waals surface area contributed by atoms with E-state index in [1.54, 1.807) is 0 Å². The number of aryl methyl sites for hydroxylation is 1. The van der Waals surface area contributed by atoms with Gasteiger partial charge >= 0.3 is 0 Å². The van der Waals surface area contributed by atoms with Gasteiger partial charge in [-0.05, 0) is 64.1 Å². The van der Waals surface area contributed by atoms with Gasteiger partial charge < -0.3 is 19.1 Å². The molecule has 2 aliphatic heterocycles. The zero-order valence-electron chi connectivity index (χ0n) is 20.3. The quantitative estimate of drug-likeness (QED) is 0.536. The highest BCUT2D eigenvalue weighted by atomic mass is 16.3. The number of anilines is 1. The maximum atomic E-state index is 13.3. The number of nitrogens with zero attached hydrogens (tertiary/aromatic N) is 4. The summed E-state index contributed by atoms with van der Waals surface area (Å²) in [5.74, 6) is 2.87. The van der Waals surface area contributed by atoms with Gasteiger partial charge in [0.1, 0.15) is 29.4 Å². The summed E-state index contributed by atoms with van der Waals surface area (Å²) in [7, 11) is 0. The van der Waals surface area contributed by atoms with E-state index in [0.717, 1.165) is 56.4 Å². The Morgan fingerprint density at radius 2 is 1.85 bits per heavy atom. The van der Waals surface area contributed by atoms with Crippen molar-refractivity contribution in [2.75, 3.05) is 24.5 Å². The van der Waals surface area contributed by atoms with Crippen LogP contribution in [0, 0.1) is 6.92 Å². The minimum atomic E-state index is -0.190. The van der Waals surface area contributed by atoms with E-state index in [2.05, 4.69) is 32.0 Å². The van der Waals surface area contributed by atoms with Crippen LogP contribution in [-0.4, -0.2) is 46.5 Å². The molecule has 0 aromatic carbocycles. The van der Waals surface area contributed by atoms with Crippen LogP contribution in [0.5, 0.6) is 0 Å². The van der Waals surface area contributed by atoms with Crippen LogP contribution in [0.25, 0.3) is 11.1 Å². The monoisotopic (exact) mass is 465 g/mol. The Kier molecular flexibility index (Phi) is 6.85. The van der Waals surface area contributed by atoms with Gasteiger partial charge in [0, 0.05) is 19.1 Å². The molecule has 2 fully saturated rings. The number of carbonyl (C=O) groups excluding carboxylic acids is 1. The standard InChI is InChI=1S/C26H35N5O3/c1-3-19-9-5-8-14-31(19)16-21-11-10-20(34-21)15-27-25(32)22-18(2)33-26-23(22)24(28-17-29-26)30-12-6-4-7-13-30/h10-11,17,19H,3-9,12-16H2,1-2H3,(H,27,32)/t19-/m1/s1. The first-order valence-corrected chi connectivity index (χ1v) is 12.7. The number of likely N-dealkylation sites (tertiary alicyclic amines) is 1. The molecule has 0 radical (unpaired) electrons. The summed E-state index contributed by atoms with van der Waals surface area (Å²) in [4.78, 5) is 26.8. The molecule has 8 nitrogen and oxygen atoms in total. The highest BCUT2D eigenvalue weighted by Crippen LogP contribution is 2.32. The van der Waals surface area contributed by atoms with Gasteiger partial charge in [-0.2, -0.15) is 0 Å². The molecule has 0 unspecified atom stereocenters. The molecule has 0 bridgehead atoms. The van der Waals surface area contributed by atoms with Crippen molar-refractivity contribution in [3.05, 3.63) is 41.3 Å². The Morgan fingerprint density at radius 1 is 1.06 bits per heavy atom. The average Bonchev–Trinajstić information content (AvgIpc) is 3.46. The average molecular weight is 466 g/mol. The number of hydrogen-bond donors (Lipinski definition) is 1. The fraction of sp³-hybridized carbons (Fsp3) is 0.577. The molecule has 34 heavy (non-hydrogen) atoms. The molecular formula is C26H35N5O3. The second kappa shape index (κ2) is 10.2. The SMILES string of the molecule is CC[C@@H]1CCCCN1Cc1ccc(CNC(=O)c2c(C)oc3ncnc(N4CCCCC4)c23)o1. The van der Waals surface area contributed by atoms with E-state index < -0.39 is 0 Å². The Morgan fingerprint density at radius 3 is 2.68 bits per heavy atom. The highest BCUT2D eigenvalue weighted by molar-refractivity contribution is 6.10. The number of furan rings is 2. The van der Waals surface area contributed by atoms with Crippen LogP contribution in [0.15, 0.2) is 27.3 Å². The molecule has 1 N–H and O–H groups in total. The molecule has 0 saturated carbocycles. The molecule has 0 aliphatic carbocycles. The maximum absolute atomic E-state index is 13.3. The van der Waals surface area contributed by atoms with Crippen LogP contribution in [-0.2, 0) is 13.1 Å². The fourth-order valence-corrected chi connectivity index (χ4v) is 5.44. The number of rotatable bonds is 7. The number of aromatic nitrogens is 2. The first-order valence-electron chi connectivity index (χ1n) is 12.7. The fourth-order valence-electron chi connectivity index (χ4n) is 5.44. The van der Waals surface area contributed by atoms with Gasteiger partial charge in [-0.15, -0.1) is 0 Å². The lowest BCUT2D eigenvalue weighted by Gasteiger charge is -2.34. The molecule has 3 aromatic rings. The summed E-state index contributed by atoms with van der Waals surface area (Å²) >= 11 is 0. The minimum Gasteiger partial charge on any atom is -0.463 e. The molecule has 2 aliphatic rings. The summed E-state index contributed by atoms with van der Waals surface area (Å²) in [5, 5.41) is 3.72. The Hall–Kier alpha value is -2.87. The van der Waals surface area contributed by atoms with E-state index >= 15 is 0 Å². The lowest BCUT2D eigenvalue weighted by atomic mass is 10.00. The number of fused-ring (bicyclic) bond motifs is 1. The van der Waals surface area contributed by atoms with Gasteiger partial charge in [0.15, 0.2) is 0 Å². The molecule has 5 heterocycles. The van der Waals surface area contributed by atoms with E-state index in [0.29, 0.717) is 35.0 Å². The first-order chi connectivity index (χ1) is 16.6. The summed E-state index contributed by atoms with van der Waals surface area (Å²) in [6.45, 7) is 8.22. The second-order valence-corrected chi connectivity index (χ2v) is 9.54. The molecule has 182 valence electrons. The summed E-state index contributed by atoms with van der Waals surface area (Å²) in [6.07, 6.45) is 10.0. The minimum absolute atomic E-state index is 0.190. The summed E-state index contributed by atoms with van der Waals surface area (Å²) in [6, 6.07) is 4.63. The molecule has 8 heteroatoms. The van der Waals surface area contributed by atoms with Gasteiger partial charge in [0.05, 0.1) is 24.0 Å². The van der Waals surface area contributed by atoms with Crippen LogP contribution in [0.3, 0.4) is 0 Å². The van der Waals surface area contributed by atoms with Crippen LogP contribution in [0.4, 0.5) is 5.82 Å². The second-order valence-electron chi connectivity index (χ2n) is 9.54. The van der Waals surface area contributed by atoms with Crippen molar-refractivity contribution in [2.45, 2.75) is 77.9 Å². The number of piperidine rings is 2. The lowest BCUT2D eigenvalue weighted by molar-refractivity contribution is 0.0946. The van der Waals surface area contributed by atoms with E-state index in [9.17, 15) is 4.79 Å². The van der Waals surface area contributed by atoms with Gasteiger partial charge in [-0.25, -0.2) is 9.97 Å². The predicted octanol–water partition coefficient (Wildman–Crippen LogP) is 4.81. The van der Waals surface area contributed by atoms with E-state index in [4.69, 9.17) is 8.83 Å². The molecule has 1 amide bonds. The van der Waals surface area contributed by atoms with E-state index in [-0.39, 0.29) is 5.91 Å². The van der Waals surface area contributed by atoms with E-state index in [1.165, 1.54) is 38.4 Å². The number of hydrogen-bond acceptors (Lipinski definition) is 7. The van der Waals surface area contributed by atoms with Gasteiger partial charge in [-0.3, -0.25) is 9.69 Å². The molecule has 5 rings (SSSR count). The highest BCUT2D eigenvalue weighted by Gasteiger charge is 2.26. The third kappa shape index (κ3) is 4.69. The van der Waals surface area contributed by atoms with Crippen LogP contribution in [0.1, 0.15) is 79.5 Å². The van der Waals surface area contributed by atoms with Crippen molar-refractivity contribution < 1.29 is 13.6 Å². The van der Waals surface area contributed by atoms with Crippen LogP contribution >= 0.6 is 0 Å². The third-order valence-corrected chi connectivity index (χ3v) is 7.25. The zero-order valence-corrected chi connectivity index (χ0v) is 20.3.